The summed E-state index contributed by atoms with van der Waals surface area (Å²) in [6.07, 6.45) is -0.529. The second-order valence-corrected chi connectivity index (χ2v) is 11.8. The fourth-order valence-electron chi connectivity index (χ4n) is 7.05. The van der Waals surface area contributed by atoms with Crippen molar-refractivity contribution in [3.05, 3.63) is 168 Å². The second-order valence-electron chi connectivity index (χ2n) is 11.8. The van der Waals surface area contributed by atoms with Gasteiger partial charge in [0.15, 0.2) is 5.78 Å². The van der Waals surface area contributed by atoms with Crippen LogP contribution in [0.5, 0.6) is 0 Å². The van der Waals surface area contributed by atoms with Gasteiger partial charge in [-0.2, -0.15) is 0 Å². The third-order valence-corrected chi connectivity index (χ3v) is 9.27. The van der Waals surface area contributed by atoms with E-state index in [1.165, 1.54) is 32.3 Å². The van der Waals surface area contributed by atoms with Gasteiger partial charge in [0.05, 0.1) is 8.52 Å². The van der Waals surface area contributed by atoms with Crippen LogP contribution in [0.4, 0.5) is 4.39 Å². The number of aliphatic hydroxyl groups is 1. The lowest BCUT2D eigenvalue weighted by atomic mass is 9.99. The Morgan fingerprint density at radius 1 is 0.457 bits per heavy atom. The molecule has 0 saturated carbocycles. The molecule has 0 amide bonds. The molecule has 0 heterocycles. The van der Waals surface area contributed by atoms with Gasteiger partial charge in [-0.3, -0.25) is 9.18 Å². The van der Waals surface area contributed by atoms with Crippen molar-refractivity contribution in [3.8, 4) is 22.3 Å². The normalized spacial score (nSPS) is 12.9. The number of carbonyl (C=O) groups is 1. The Balaban J connectivity index is 0.000000128. The van der Waals surface area contributed by atoms with E-state index in [-0.39, 0.29) is 5.78 Å². The number of halogens is 1. The lowest BCUT2D eigenvalue weighted by Crippen LogP contribution is -1.95. The van der Waals surface area contributed by atoms with Crippen molar-refractivity contribution in [2.75, 3.05) is 7.15 Å². The van der Waals surface area contributed by atoms with Gasteiger partial charge in [-0.1, -0.05) is 97.1 Å². The lowest BCUT2D eigenvalue weighted by molar-refractivity contribution is 0.104. The maximum Gasteiger partial charge on any atom is 0.194 e. The third-order valence-electron chi connectivity index (χ3n) is 9.27. The Labute approximate surface area is 267 Å². The first-order chi connectivity index (χ1) is 23.0. The SMILES string of the molecule is O=C1c2cc3ccccc3cc2-c2cc3ccccc3cc21.OC1c2cc3ccccc3cc2-c2cc3ccccc3cc21.[2H]CF. The zero-order valence-corrected chi connectivity index (χ0v) is 24.9. The molecule has 2 nitrogen and oxygen atoms in total. The molecule has 0 aliphatic heterocycles. The topological polar surface area (TPSA) is 37.3 Å². The van der Waals surface area contributed by atoms with E-state index < -0.39 is 13.3 Å². The Hall–Kier alpha value is -5.64. The monoisotopic (exact) mass is 597 g/mol. The largest absolute Gasteiger partial charge is 0.384 e. The molecular formula is C43H29FO2. The minimum atomic E-state index is -1.00. The van der Waals surface area contributed by atoms with Crippen LogP contribution in [-0.2, 0) is 0 Å². The van der Waals surface area contributed by atoms with Gasteiger partial charge >= 0.3 is 0 Å². The second kappa shape index (κ2) is 11.1. The standard InChI is InChI=1S/C21H14O.C21H12O.CH3F/c2*22-21-19-11-15-7-3-1-5-13(15)9-17(19)18-10-14-6-2-4-8-16(14)12-20(18)21;1-2/h1-12,21-22H;1-12H;1H3/i;;1D. The van der Waals surface area contributed by atoms with E-state index in [1.54, 1.807) is 0 Å². The highest BCUT2D eigenvalue weighted by Gasteiger charge is 2.29. The molecule has 0 fully saturated rings. The van der Waals surface area contributed by atoms with Gasteiger partial charge in [0.2, 0.25) is 0 Å². The first-order valence-corrected chi connectivity index (χ1v) is 15.2. The maximum absolute atomic E-state index is 12.8. The summed E-state index contributed by atoms with van der Waals surface area (Å²) < 4.78 is 15.5. The Kier molecular flexibility index (Phi) is 6.43. The molecule has 46 heavy (non-hydrogen) atoms. The van der Waals surface area contributed by atoms with Crippen molar-refractivity contribution in [1.82, 2.24) is 0 Å². The number of hydrogen-bond donors (Lipinski definition) is 1. The van der Waals surface area contributed by atoms with E-state index in [9.17, 15) is 14.3 Å². The highest BCUT2D eigenvalue weighted by molar-refractivity contribution is 6.24. The van der Waals surface area contributed by atoms with Crippen LogP contribution >= 0.6 is 0 Å². The van der Waals surface area contributed by atoms with E-state index in [0.29, 0.717) is 0 Å². The molecule has 0 aromatic heterocycles. The molecule has 0 atom stereocenters. The van der Waals surface area contributed by atoms with E-state index in [2.05, 4.69) is 97.1 Å². The number of carbonyl (C=O) groups excluding carboxylic acids is 1. The van der Waals surface area contributed by atoms with Gasteiger partial charge in [-0.25, -0.2) is 0 Å². The van der Waals surface area contributed by atoms with E-state index in [1.807, 2.05) is 48.5 Å². The van der Waals surface area contributed by atoms with Crippen LogP contribution in [0.3, 0.4) is 0 Å². The first kappa shape index (κ1) is 26.7. The summed E-state index contributed by atoms with van der Waals surface area (Å²) in [6.45, 7) is 0. The summed E-state index contributed by atoms with van der Waals surface area (Å²) in [5.74, 6) is 0.140. The van der Waals surface area contributed by atoms with Crippen LogP contribution < -0.4 is 0 Å². The first-order valence-electron chi connectivity index (χ1n) is 15.9. The molecule has 10 rings (SSSR count). The molecule has 0 spiro atoms. The highest BCUT2D eigenvalue weighted by atomic mass is 19.1. The van der Waals surface area contributed by atoms with Gasteiger partial charge < -0.3 is 5.11 Å². The number of benzene rings is 8. The number of hydrogen-bond acceptors (Lipinski definition) is 2. The minimum Gasteiger partial charge on any atom is -0.384 e. The average molecular weight is 598 g/mol. The predicted octanol–water partition coefficient (Wildman–Crippen LogP) is 10.8. The lowest BCUT2D eigenvalue weighted by Gasteiger charge is -2.07. The maximum atomic E-state index is 12.8. The fraction of sp³-hybridized carbons (Fsp3) is 0.0465. The molecule has 8 aromatic carbocycles. The van der Waals surface area contributed by atoms with Gasteiger partial charge in [0.1, 0.15) is 6.10 Å². The van der Waals surface area contributed by atoms with Crippen LogP contribution in [0.15, 0.2) is 146 Å². The summed E-state index contributed by atoms with van der Waals surface area (Å²) in [4.78, 5) is 12.8. The Morgan fingerprint density at radius 2 is 0.696 bits per heavy atom. The summed E-state index contributed by atoms with van der Waals surface area (Å²) in [5.41, 5.74) is 8.12. The minimum absolute atomic E-state index is 0.140. The zero-order valence-electron chi connectivity index (χ0n) is 25.9. The summed E-state index contributed by atoms with van der Waals surface area (Å²) >= 11 is 0. The van der Waals surface area contributed by atoms with Crippen molar-refractivity contribution in [1.29, 1.82) is 0 Å². The zero-order chi connectivity index (χ0) is 32.1. The predicted molar refractivity (Wildman–Crippen MR) is 188 cm³/mol. The number of ketones is 1. The van der Waals surface area contributed by atoms with Gasteiger partial charge in [-0.05, 0) is 125 Å². The van der Waals surface area contributed by atoms with Crippen molar-refractivity contribution in [2.45, 2.75) is 6.10 Å². The number of fused-ring (bicyclic) bond motifs is 10. The Morgan fingerprint density at radius 3 is 1.00 bits per heavy atom. The summed E-state index contributed by atoms with van der Waals surface area (Å²) in [6, 6.07) is 50.0. The summed E-state index contributed by atoms with van der Waals surface area (Å²) in [7, 11) is -1.00. The van der Waals surface area contributed by atoms with Gasteiger partial charge in [0, 0.05) is 11.1 Å². The average Bonchev–Trinajstić information content (AvgIpc) is 3.53. The molecule has 0 saturated heterocycles. The van der Waals surface area contributed by atoms with Crippen LogP contribution in [0.1, 0.15) is 34.5 Å². The van der Waals surface area contributed by atoms with Crippen molar-refractivity contribution < 1.29 is 15.7 Å². The van der Waals surface area contributed by atoms with Crippen molar-refractivity contribution >= 4 is 48.9 Å². The van der Waals surface area contributed by atoms with Crippen molar-refractivity contribution in [2.24, 2.45) is 0 Å². The van der Waals surface area contributed by atoms with Crippen LogP contribution in [0.2, 0.25) is 0 Å². The molecule has 1 N–H and O–H groups in total. The Bertz CT molecular complexity index is 2350. The number of alkyl halides is 1. The van der Waals surface area contributed by atoms with Crippen LogP contribution in [0.25, 0.3) is 65.3 Å². The van der Waals surface area contributed by atoms with Gasteiger partial charge in [-0.15, -0.1) is 0 Å². The summed E-state index contributed by atoms with van der Waals surface area (Å²) in [5, 5.41) is 20.1. The van der Waals surface area contributed by atoms with E-state index >= 15 is 0 Å². The molecule has 8 aromatic rings. The number of rotatable bonds is 0. The molecule has 0 unspecified atom stereocenters. The molecule has 2 aliphatic rings. The molecule has 0 bridgehead atoms. The van der Waals surface area contributed by atoms with Crippen molar-refractivity contribution in [3.63, 3.8) is 0 Å². The fourth-order valence-corrected chi connectivity index (χ4v) is 7.05. The van der Waals surface area contributed by atoms with Gasteiger partial charge in [0.25, 0.3) is 0 Å². The smallest absolute Gasteiger partial charge is 0.194 e. The highest BCUT2D eigenvalue weighted by Crippen LogP contribution is 2.46. The molecular weight excluding hydrogens is 567 g/mol. The van der Waals surface area contributed by atoms with E-state index in [4.69, 9.17) is 1.37 Å². The molecule has 220 valence electrons. The third kappa shape index (κ3) is 4.40. The number of aliphatic hydroxyl groups excluding tert-OH is 1. The van der Waals surface area contributed by atoms with Crippen LogP contribution in [-0.4, -0.2) is 18.0 Å². The van der Waals surface area contributed by atoms with Crippen LogP contribution in [0, 0.1) is 0 Å². The molecule has 0 radical (unpaired) electrons. The molecule has 3 heteroatoms. The quantitative estimate of drug-likeness (QED) is 0.189. The van der Waals surface area contributed by atoms with E-state index in [0.717, 1.165) is 55.3 Å². The molecule has 2 aliphatic carbocycles.